The fourth-order valence-corrected chi connectivity index (χ4v) is 1.20. The molecule has 0 fully saturated rings. The van der Waals surface area contributed by atoms with Crippen LogP contribution in [0.25, 0.3) is 11.0 Å². The number of halogens is 3. The molecule has 0 saturated carbocycles. The molecule has 0 bridgehead atoms. The maximum absolute atomic E-state index is 12.0. The van der Waals surface area contributed by atoms with Crippen molar-refractivity contribution in [1.29, 1.82) is 0 Å². The first kappa shape index (κ1) is 9.75. The van der Waals surface area contributed by atoms with Crippen LogP contribution < -0.4 is 5.32 Å². The number of nitrogens with zero attached hydrogens (tertiary/aromatic N) is 2. The average Bonchev–Trinajstić information content (AvgIpc) is 2.61. The molecule has 2 rings (SSSR count). The summed E-state index contributed by atoms with van der Waals surface area (Å²) in [7, 11) is 0. The number of anilines is 1. The number of H-pyrrole nitrogens is 1. The zero-order valence-electron chi connectivity index (χ0n) is 7.47. The van der Waals surface area contributed by atoms with E-state index in [4.69, 9.17) is 0 Å². The summed E-state index contributed by atoms with van der Waals surface area (Å²) in [4.78, 5) is 10.4. The number of fused-ring (bicyclic) bond motifs is 1. The fourth-order valence-electron chi connectivity index (χ4n) is 1.20. The summed E-state index contributed by atoms with van der Waals surface area (Å²) >= 11 is 0. The highest BCUT2D eigenvalue weighted by Crippen LogP contribution is 2.20. The Hall–Kier alpha value is -1.79. The highest BCUT2D eigenvalue weighted by molar-refractivity contribution is 5.86. The molecule has 0 spiro atoms. The maximum atomic E-state index is 12.0. The lowest BCUT2D eigenvalue weighted by Gasteiger charge is -2.08. The van der Waals surface area contributed by atoms with Crippen molar-refractivity contribution in [1.82, 2.24) is 15.0 Å². The molecule has 0 unspecified atom stereocenters. The van der Waals surface area contributed by atoms with Crippen molar-refractivity contribution in [2.24, 2.45) is 0 Å². The van der Waals surface area contributed by atoms with Gasteiger partial charge < -0.3 is 10.3 Å². The lowest BCUT2D eigenvalue weighted by Crippen LogP contribution is -2.21. The molecule has 0 aromatic carbocycles. The number of hydrogen-bond donors (Lipinski definition) is 2. The molecule has 0 amide bonds. The van der Waals surface area contributed by atoms with Gasteiger partial charge in [0.2, 0.25) is 0 Å². The van der Waals surface area contributed by atoms with Gasteiger partial charge in [0.15, 0.2) is 0 Å². The van der Waals surface area contributed by atoms with Gasteiger partial charge in [0.05, 0.1) is 5.39 Å². The molecule has 0 aliphatic rings. The summed E-state index contributed by atoms with van der Waals surface area (Å²) in [6, 6.07) is 1.62. The van der Waals surface area contributed by atoms with Gasteiger partial charge in [0.25, 0.3) is 0 Å². The van der Waals surface area contributed by atoms with Crippen molar-refractivity contribution >= 4 is 16.9 Å². The van der Waals surface area contributed by atoms with Crippen LogP contribution in [-0.4, -0.2) is 27.7 Å². The normalized spacial score (nSPS) is 11.9. The fraction of sp³-hybridized carbons (Fsp3) is 0.250. The van der Waals surface area contributed by atoms with E-state index >= 15 is 0 Å². The van der Waals surface area contributed by atoms with Gasteiger partial charge in [-0.2, -0.15) is 13.2 Å². The average molecular weight is 216 g/mol. The standard InChI is InChI=1S/C8H7F3N4/c9-8(10,11)3-13-7-5-1-2-12-6(5)14-4-15-7/h1-2,4H,3H2,(H2,12,13,14,15). The van der Waals surface area contributed by atoms with Gasteiger partial charge in [0, 0.05) is 6.20 Å². The van der Waals surface area contributed by atoms with Crippen molar-refractivity contribution in [2.75, 3.05) is 11.9 Å². The van der Waals surface area contributed by atoms with E-state index in [1.165, 1.54) is 6.33 Å². The first-order chi connectivity index (χ1) is 7.06. The number of hydrogen-bond acceptors (Lipinski definition) is 3. The van der Waals surface area contributed by atoms with Crippen LogP contribution in [-0.2, 0) is 0 Å². The second-order valence-corrected chi connectivity index (χ2v) is 2.93. The van der Waals surface area contributed by atoms with Gasteiger partial charge in [-0.15, -0.1) is 0 Å². The van der Waals surface area contributed by atoms with Crippen LogP contribution in [0, 0.1) is 0 Å². The van der Waals surface area contributed by atoms with Crippen LogP contribution in [0.4, 0.5) is 19.0 Å². The third kappa shape index (κ3) is 2.17. The number of aromatic amines is 1. The van der Waals surface area contributed by atoms with Crippen molar-refractivity contribution in [3.05, 3.63) is 18.6 Å². The van der Waals surface area contributed by atoms with Gasteiger partial charge in [-0.1, -0.05) is 0 Å². The predicted octanol–water partition coefficient (Wildman–Crippen LogP) is 1.93. The summed E-state index contributed by atoms with van der Waals surface area (Å²) in [6.07, 6.45) is -1.46. The minimum absolute atomic E-state index is 0.179. The Kier molecular flexibility index (Phi) is 2.22. The monoisotopic (exact) mass is 216 g/mol. The highest BCUT2D eigenvalue weighted by Gasteiger charge is 2.27. The van der Waals surface area contributed by atoms with Crippen LogP contribution in [0.15, 0.2) is 18.6 Å². The molecule has 15 heavy (non-hydrogen) atoms. The third-order valence-corrected chi connectivity index (χ3v) is 1.81. The molecule has 2 N–H and O–H groups in total. The lowest BCUT2D eigenvalue weighted by molar-refractivity contribution is -0.115. The van der Waals surface area contributed by atoms with Crippen molar-refractivity contribution < 1.29 is 13.2 Å². The van der Waals surface area contributed by atoms with Gasteiger partial charge in [-0.05, 0) is 6.07 Å². The minimum Gasteiger partial charge on any atom is -0.361 e. The van der Waals surface area contributed by atoms with E-state index in [2.05, 4.69) is 20.3 Å². The second-order valence-electron chi connectivity index (χ2n) is 2.93. The largest absolute Gasteiger partial charge is 0.405 e. The molecule has 4 nitrogen and oxygen atoms in total. The second kappa shape index (κ2) is 3.41. The molecule has 7 heteroatoms. The quantitative estimate of drug-likeness (QED) is 0.806. The molecule has 2 heterocycles. The molecular formula is C8H7F3N4. The molecule has 0 aliphatic heterocycles. The molecule has 2 aromatic rings. The van der Waals surface area contributed by atoms with Crippen LogP contribution in [0.3, 0.4) is 0 Å². The molecular weight excluding hydrogens is 209 g/mol. The smallest absolute Gasteiger partial charge is 0.361 e. The van der Waals surface area contributed by atoms with E-state index < -0.39 is 12.7 Å². The van der Waals surface area contributed by atoms with E-state index in [1.54, 1.807) is 12.3 Å². The Labute approximate surface area is 82.5 Å². The molecule has 2 aromatic heterocycles. The topological polar surface area (TPSA) is 53.6 Å². The zero-order chi connectivity index (χ0) is 10.9. The van der Waals surface area contributed by atoms with Crippen molar-refractivity contribution in [3.63, 3.8) is 0 Å². The number of alkyl halides is 3. The molecule has 80 valence electrons. The summed E-state index contributed by atoms with van der Waals surface area (Å²) in [5, 5.41) is 2.76. The van der Waals surface area contributed by atoms with Crippen molar-refractivity contribution in [2.45, 2.75) is 6.18 Å². The Morgan fingerprint density at radius 3 is 2.87 bits per heavy atom. The summed E-state index contributed by atoms with van der Waals surface area (Å²) in [5.74, 6) is 0.179. The van der Waals surface area contributed by atoms with Crippen molar-refractivity contribution in [3.8, 4) is 0 Å². The van der Waals surface area contributed by atoms with E-state index in [0.29, 0.717) is 11.0 Å². The molecule has 0 atom stereocenters. The number of aromatic nitrogens is 3. The summed E-state index contributed by atoms with van der Waals surface area (Å²) < 4.78 is 35.9. The van der Waals surface area contributed by atoms with Gasteiger partial charge in [-0.25, -0.2) is 9.97 Å². The predicted molar refractivity (Wildman–Crippen MR) is 48.4 cm³/mol. The molecule has 0 radical (unpaired) electrons. The highest BCUT2D eigenvalue weighted by atomic mass is 19.4. The van der Waals surface area contributed by atoms with E-state index in [0.717, 1.165) is 0 Å². The van der Waals surface area contributed by atoms with Crippen LogP contribution in [0.1, 0.15) is 0 Å². The Morgan fingerprint density at radius 1 is 1.33 bits per heavy atom. The minimum atomic E-state index is -4.26. The molecule has 0 saturated heterocycles. The summed E-state index contributed by atoms with van der Waals surface area (Å²) in [6.45, 7) is -1.11. The Morgan fingerprint density at radius 2 is 2.13 bits per heavy atom. The van der Waals surface area contributed by atoms with Crippen LogP contribution >= 0.6 is 0 Å². The van der Waals surface area contributed by atoms with Gasteiger partial charge in [-0.3, -0.25) is 0 Å². The maximum Gasteiger partial charge on any atom is 0.405 e. The van der Waals surface area contributed by atoms with Crippen LogP contribution in [0.2, 0.25) is 0 Å². The Balaban J connectivity index is 2.24. The van der Waals surface area contributed by atoms with E-state index in [1.807, 2.05) is 0 Å². The van der Waals surface area contributed by atoms with Gasteiger partial charge in [0.1, 0.15) is 24.3 Å². The molecule has 0 aliphatic carbocycles. The zero-order valence-corrected chi connectivity index (χ0v) is 7.47. The summed E-state index contributed by atoms with van der Waals surface area (Å²) in [5.41, 5.74) is 0.509. The first-order valence-corrected chi connectivity index (χ1v) is 4.15. The van der Waals surface area contributed by atoms with E-state index in [-0.39, 0.29) is 5.82 Å². The number of nitrogens with one attached hydrogen (secondary N) is 2. The van der Waals surface area contributed by atoms with Gasteiger partial charge >= 0.3 is 6.18 Å². The first-order valence-electron chi connectivity index (χ1n) is 4.15. The SMILES string of the molecule is FC(F)(F)CNc1ncnc2[nH]ccc12. The van der Waals surface area contributed by atoms with Crippen LogP contribution in [0.5, 0.6) is 0 Å². The lowest BCUT2D eigenvalue weighted by atomic mass is 10.4. The number of rotatable bonds is 2. The Bertz CT molecular complexity index is 462. The van der Waals surface area contributed by atoms with E-state index in [9.17, 15) is 13.2 Å². The third-order valence-electron chi connectivity index (χ3n) is 1.81.